The highest BCUT2D eigenvalue weighted by atomic mass is 16.5. The minimum absolute atomic E-state index is 0.167. The van der Waals surface area contributed by atoms with Crippen LogP contribution in [0.3, 0.4) is 0 Å². The lowest BCUT2D eigenvalue weighted by Crippen LogP contribution is -2.42. The van der Waals surface area contributed by atoms with Gasteiger partial charge in [-0.05, 0) is 41.0 Å². The predicted molar refractivity (Wildman–Crippen MR) is 136 cm³/mol. The molecule has 7 nitrogen and oxygen atoms in total. The maximum absolute atomic E-state index is 13.1. The van der Waals surface area contributed by atoms with Crippen LogP contribution in [0.1, 0.15) is 33.0 Å². The summed E-state index contributed by atoms with van der Waals surface area (Å²) in [5, 5.41) is 6.30. The van der Waals surface area contributed by atoms with Gasteiger partial charge in [0.05, 0.1) is 24.1 Å². The number of aliphatic imine (C=N–C) groups is 1. The third kappa shape index (κ3) is 5.01. The second-order valence-electron chi connectivity index (χ2n) is 8.77. The van der Waals surface area contributed by atoms with Crippen molar-refractivity contribution in [1.82, 2.24) is 10.2 Å². The number of piperazine rings is 1. The highest BCUT2D eigenvalue weighted by Crippen LogP contribution is 2.37. The summed E-state index contributed by atoms with van der Waals surface area (Å²) in [5.74, 6) is -1.19. The van der Waals surface area contributed by atoms with Crippen LogP contribution in [0.15, 0.2) is 77.8 Å². The average molecular weight is 469 g/mol. The molecule has 1 atom stereocenters. The monoisotopic (exact) mass is 468 g/mol. The number of esters is 1. The van der Waals surface area contributed by atoms with Crippen molar-refractivity contribution < 1.29 is 14.3 Å². The molecular weight excluding hydrogens is 440 g/mol. The third-order valence-corrected chi connectivity index (χ3v) is 6.45. The van der Waals surface area contributed by atoms with Gasteiger partial charge in [0.2, 0.25) is 5.91 Å². The lowest BCUT2D eigenvalue weighted by Gasteiger charge is -2.27. The molecule has 7 heteroatoms. The molecule has 3 aromatic carbocycles. The van der Waals surface area contributed by atoms with Gasteiger partial charge in [-0.2, -0.15) is 0 Å². The van der Waals surface area contributed by atoms with Gasteiger partial charge in [-0.25, -0.2) is 4.79 Å². The summed E-state index contributed by atoms with van der Waals surface area (Å²) in [6.45, 7) is 5.06. The van der Waals surface area contributed by atoms with Gasteiger partial charge in [-0.15, -0.1) is 0 Å². The highest BCUT2D eigenvalue weighted by molar-refractivity contribution is 6.24. The zero-order valence-electron chi connectivity index (χ0n) is 19.7. The zero-order valence-corrected chi connectivity index (χ0v) is 19.7. The van der Waals surface area contributed by atoms with Crippen LogP contribution >= 0.6 is 0 Å². The van der Waals surface area contributed by atoms with Crippen LogP contribution in [0, 0.1) is 0 Å². The summed E-state index contributed by atoms with van der Waals surface area (Å²) in [5.41, 5.74) is 5.38. The molecule has 3 aromatic rings. The van der Waals surface area contributed by atoms with E-state index in [1.54, 1.807) is 18.2 Å². The summed E-state index contributed by atoms with van der Waals surface area (Å²) >= 11 is 0. The Morgan fingerprint density at radius 3 is 2.46 bits per heavy atom. The molecule has 0 aliphatic carbocycles. The Morgan fingerprint density at radius 1 is 1.00 bits per heavy atom. The molecule has 1 saturated heterocycles. The van der Waals surface area contributed by atoms with Crippen molar-refractivity contribution in [2.75, 3.05) is 38.6 Å². The standard InChI is InChI=1S/C28H28N4O3/c1-35-28(34)21-9-12-23-24(17-21)31-27(33)25(23)26(20-5-3-2-4-6-20)30-22-10-7-19(8-11-22)18-32-15-13-29-14-16-32/h2-12,17,25,29H,13-16,18H2,1H3,(H,31,33). The summed E-state index contributed by atoms with van der Waals surface area (Å²) in [6.07, 6.45) is 0. The van der Waals surface area contributed by atoms with E-state index in [0.717, 1.165) is 49.5 Å². The molecule has 35 heavy (non-hydrogen) atoms. The molecule has 0 aromatic heterocycles. The van der Waals surface area contributed by atoms with Crippen LogP contribution < -0.4 is 10.6 Å². The molecule has 0 spiro atoms. The number of carbonyl (C=O) groups is 2. The van der Waals surface area contributed by atoms with Crippen molar-refractivity contribution in [3.63, 3.8) is 0 Å². The van der Waals surface area contributed by atoms with Gasteiger partial charge in [0, 0.05) is 38.4 Å². The first-order chi connectivity index (χ1) is 17.1. The molecule has 2 aliphatic rings. The SMILES string of the molecule is COC(=O)c1ccc2c(c1)NC(=O)C2C(=Nc1ccc(CN2CCNCC2)cc1)c1ccccc1. The van der Waals surface area contributed by atoms with Crippen LogP contribution in [-0.4, -0.2) is 55.8 Å². The number of ether oxygens (including phenoxy) is 1. The molecule has 2 aliphatic heterocycles. The first-order valence-corrected chi connectivity index (χ1v) is 11.8. The van der Waals surface area contributed by atoms with E-state index < -0.39 is 11.9 Å². The minimum atomic E-state index is -0.584. The maximum Gasteiger partial charge on any atom is 0.337 e. The van der Waals surface area contributed by atoms with Crippen molar-refractivity contribution in [3.05, 3.63) is 95.1 Å². The molecule has 1 fully saturated rings. The largest absolute Gasteiger partial charge is 0.465 e. The Balaban J connectivity index is 1.47. The van der Waals surface area contributed by atoms with Crippen molar-refractivity contribution in [2.45, 2.75) is 12.5 Å². The number of benzene rings is 3. The number of carbonyl (C=O) groups excluding carboxylic acids is 2. The van der Waals surface area contributed by atoms with Crippen molar-refractivity contribution in [3.8, 4) is 0 Å². The topological polar surface area (TPSA) is 83.0 Å². The Labute approximate surface area is 204 Å². The molecule has 5 rings (SSSR count). The Kier molecular flexibility index (Phi) is 6.70. The van der Waals surface area contributed by atoms with Gasteiger partial charge in [0.1, 0.15) is 5.92 Å². The molecule has 2 heterocycles. The average Bonchev–Trinajstić information content (AvgIpc) is 3.23. The number of hydrogen-bond donors (Lipinski definition) is 2. The summed E-state index contributed by atoms with van der Waals surface area (Å²) in [6, 6.07) is 23.1. The molecular formula is C28H28N4O3. The smallest absolute Gasteiger partial charge is 0.337 e. The Hall–Kier alpha value is -3.81. The van der Waals surface area contributed by atoms with Gasteiger partial charge >= 0.3 is 5.97 Å². The molecule has 1 unspecified atom stereocenters. The second-order valence-corrected chi connectivity index (χ2v) is 8.77. The lowest BCUT2D eigenvalue weighted by atomic mass is 9.90. The van der Waals surface area contributed by atoms with E-state index >= 15 is 0 Å². The van der Waals surface area contributed by atoms with E-state index in [4.69, 9.17) is 9.73 Å². The Morgan fingerprint density at radius 2 is 1.74 bits per heavy atom. The number of methoxy groups -OCH3 is 1. The third-order valence-electron chi connectivity index (χ3n) is 6.45. The Bertz CT molecular complexity index is 1250. The highest BCUT2D eigenvalue weighted by Gasteiger charge is 2.36. The number of anilines is 1. The van der Waals surface area contributed by atoms with Crippen LogP contribution in [0.2, 0.25) is 0 Å². The normalized spacial score (nSPS) is 18.1. The van der Waals surface area contributed by atoms with Crippen LogP contribution in [-0.2, 0) is 16.1 Å². The minimum Gasteiger partial charge on any atom is -0.465 e. The van der Waals surface area contributed by atoms with Crippen LogP contribution in [0.4, 0.5) is 11.4 Å². The molecule has 1 amide bonds. The van der Waals surface area contributed by atoms with E-state index in [1.165, 1.54) is 12.7 Å². The zero-order chi connectivity index (χ0) is 24.2. The van der Waals surface area contributed by atoms with Gasteiger partial charge in [0.15, 0.2) is 0 Å². The quantitative estimate of drug-likeness (QED) is 0.426. The van der Waals surface area contributed by atoms with E-state index in [9.17, 15) is 9.59 Å². The fourth-order valence-corrected chi connectivity index (χ4v) is 4.63. The van der Waals surface area contributed by atoms with E-state index in [0.29, 0.717) is 17.0 Å². The van der Waals surface area contributed by atoms with Crippen molar-refractivity contribution in [1.29, 1.82) is 0 Å². The molecule has 178 valence electrons. The number of nitrogens with zero attached hydrogens (tertiary/aromatic N) is 2. The lowest BCUT2D eigenvalue weighted by molar-refractivity contribution is -0.115. The molecule has 0 radical (unpaired) electrons. The summed E-state index contributed by atoms with van der Waals surface area (Å²) in [4.78, 5) is 32.5. The van der Waals surface area contributed by atoms with Gasteiger partial charge in [-0.1, -0.05) is 48.5 Å². The van der Waals surface area contributed by atoms with Crippen LogP contribution in [0.25, 0.3) is 0 Å². The van der Waals surface area contributed by atoms with Gasteiger partial charge in [0.25, 0.3) is 0 Å². The maximum atomic E-state index is 13.1. The first kappa shape index (κ1) is 23.0. The fourth-order valence-electron chi connectivity index (χ4n) is 4.63. The predicted octanol–water partition coefficient (Wildman–Crippen LogP) is 3.74. The number of amides is 1. The van der Waals surface area contributed by atoms with Crippen molar-refractivity contribution >= 4 is 29.0 Å². The molecule has 0 saturated carbocycles. The number of nitrogens with one attached hydrogen (secondary N) is 2. The number of hydrogen-bond acceptors (Lipinski definition) is 6. The molecule has 0 bridgehead atoms. The second kappa shape index (κ2) is 10.2. The fraction of sp³-hybridized carbons (Fsp3) is 0.250. The summed E-state index contributed by atoms with van der Waals surface area (Å²) < 4.78 is 4.82. The number of fused-ring (bicyclic) bond motifs is 1. The molecule has 2 N–H and O–H groups in total. The van der Waals surface area contributed by atoms with Crippen LogP contribution in [0.5, 0.6) is 0 Å². The van der Waals surface area contributed by atoms with Crippen molar-refractivity contribution in [2.24, 2.45) is 4.99 Å². The first-order valence-electron chi connectivity index (χ1n) is 11.8. The van der Waals surface area contributed by atoms with Gasteiger partial charge < -0.3 is 15.4 Å². The van der Waals surface area contributed by atoms with Gasteiger partial charge in [-0.3, -0.25) is 14.7 Å². The number of rotatable bonds is 6. The van der Waals surface area contributed by atoms with E-state index in [1.807, 2.05) is 42.5 Å². The summed E-state index contributed by atoms with van der Waals surface area (Å²) in [7, 11) is 1.34. The van der Waals surface area contributed by atoms with E-state index in [2.05, 4.69) is 27.7 Å². The van der Waals surface area contributed by atoms with E-state index in [-0.39, 0.29) is 5.91 Å².